The number of esters is 2. The highest BCUT2D eigenvalue weighted by atomic mass is 79.9. The van der Waals surface area contributed by atoms with E-state index in [4.69, 9.17) is 19.6 Å². The zero-order valence-electron chi connectivity index (χ0n) is 20.9. The van der Waals surface area contributed by atoms with E-state index in [1.807, 2.05) is 0 Å². The van der Waals surface area contributed by atoms with Crippen molar-refractivity contribution in [3.8, 4) is 11.3 Å². The second kappa shape index (κ2) is 14.4. The Balaban J connectivity index is 2.38. The number of carbonyl (C=O) groups is 3. The lowest BCUT2D eigenvalue weighted by molar-refractivity contribution is -0.151. The standard InChI is InChI=1S/C25H22BrF5N2O7/c1-13(27)17(8-7-16(28)11-19(32)34)39-18(12-38-21(36)10-9-20(35)37-2)24-33-22(23(26)40-24)14-3-5-15(6-4-14)25(29,30)31/h3-8,11,18H,9-10,12H2,1-2H3,(H2,32,34)/b8-7-,16-11-,17-13-. The van der Waals surface area contributed by atoms with Gasteiger partial charge in [-0.05, 0) is 47.1 Å². The lowest BCUT2D eigenvalue weighted by Crippen LogP contribution is -2.17. The second-order valence-electron chi connectivity index (χ2n) is 7.78. The van der Waals surface area contributed by atoms with Crippen LogP contribution in [0.15, 0.2) is 69.0 Å². The first-order valence-corrected chi connectivity index (χ1v) is 11.9. The SMILES string of the molecule is COC(=O)CCC(=O)OCC(OC(/C=C\C(F)=C\C(N)=O)=C(/C)F)c1nc(-c2ccc(C(F)(F)F)cc2)c(Br)o1. The molecule has 0 radical (unpaired) electrons. The van der Waals surface area contributed by atoms with Crippen LogP contribution in [0.2, 0.25) is 0 Å². The third-order valence-corrected chi connectivity index (χ3v) is 5.34. The minimum Gasteiger partial charge on any atom is -0.474 e. The molecule has 1 heterocycles. The predicted molar refractivity (Wildman–Crippen MR) is 132 cm³/mol. The van der Waals surface area contributed by atoms with E-state index < -0.39 is 59.7 Å². The number of allylic oxidation sites excluding steroid dienone is 4. The molecule has 2 aromatic rings. The third-order valence-electron chi connectivity index (χ3n) is 4.80. The van der Waals surface area contributed by atoms with Gasteiger partial charge in [0.15, 0.2) is 10.4 Å². The van der Waals surface area contributed by atoms with Crippen molar-refractivity contribution < 1.29 is 55.0 Å². The van der Waals surface area contributed by atoms with Crippen LogP contribution in [0.1, 0.15) is 37.3 Å². The Kier molecular flexibility index (Phi) is 11.6. The largest absolute Gasteiger partial charge is 0.474 e. The van der Waals surface area contributed by atoms with Crippen molar-refractivity contribution in [1.29, 1.82) is 0 Å². The molecule has 2 rings (SSSR count). The number of halogens is 6. The van der Waals surface area contributed by atoms with Gasteiger partial charge in [0.2, 0.25) is 17.9 Å². The molecule has 40 heavy (non-hydrogen) atoms. The van der Waals surface area contributed by atoms with E-state index in [-0.39, 0.29) is 34.7 Å². The van der Waals surface area contributed by atoms with Gasteiger partial charge in [-0.15, -0.1) is 0 Å². The lowest BCUT2D eigenvalue weighted by Gasteiger charge is -2.17. The Morgan fingerprint density at radius 1 is 1.10 bits per heavy atom. The van der Waals surface area contributed by atoms with E-state index in [0.717, 1.165) is 44.4 Å². The van der Waals surface area contributed by atoms with Crippen molar-refractivity contribution in [2.24, 2.45) is 5.73 Å². The van der Waals surface area contributed by atoms with Crippen molar-refractivity contribution >= 4 is 33.8 Å². The fourth-order valence-corrected chi connectivity index (χ4v) is 3.36. The number of oxazole rings is 1. The van der Waals surface area contributed by atoms with E-state index in [2.05, 4.69) is 25.7 Å². The number of hydrogen-bond donors (Lipinski definition) is 1. The molecule has 0 aliphatic rings. The first-order chi connectivity index (χ1) is 18.7. The molecule has 0 aliphatic heterocycles. The third kappa shape index (κ3) is 9.94. The van der Waals surface area contributed by atoms with Crippen molar-refractivity contribution in [3.05, 3.63) is 76.0 Å². The van der Waals surface area contributed by atoms with E-state index in [1.54, 1.807) is 0 Å². The maximum absolute atomic E-state index is 14.2. The van der Waals surface area contributed by atoms with E-state index in [1.165, 1.54) is 0 Å². The molecule has 1 aromatic carbocycles. The normalized spacial score (nSPS) is 13.6. The van der Waals surface area contributed by atoms with E-state index >= 15 is 0 Å². The molecule has 2 N–H and O–H groups in total. The molecule has 0 saturated carbocycles. The van der Waals surface area contributed by atoms with Gasteiger partial charge in [-0.25, -0.2) is 13.8 Å². The number of methoxy groups -OCH3 is 1. The van der Waals surface area contributed by atoms with Crippen LogP contribution in [0.3, 0.4) is 0 Å². The van der Waals surface area contributed by atoms with Crippen molar-refractivity contribution in [3.63, 3.8) is 0 Å². The van der Waals surface area contributed by atoms with Gasteiger partial charge in [-0.1, -0.05) is 12.1 Å². The molecule has 15 heteroatoms. The van der Waals surface area contributed by atoms with Crippen molar-refractivity contribution in [2.45, 2.75) is 32.0 Å². The monoisotopic (exact) mass is 636 g/mol. The predicted octanol–water partition coefficient (Wildman–Crippen LogP) is 5.77. The minimum absolute atomic E-state index is 0.0404. The average molecular weight is 637 g/mol. The Morgan fingerprint density at radius 3 is 2.27 bits per heavy atom. The average Bonchev–Trinajstić information content (AvgIpc) is 3.26. The maximum atomic E-state index is 14.2. The number of carbonyl (C=O) groups excluding carboxylic acids is 3. The quantitative estimate of drug-likeness (QED) is 0.102. The van der Waals surface area contributed by atoms with Crippen LogP contribution >= 0.6 is 15.9 Å². The fourth-order valence-electron chi connectivity index (χ4n) is 2.88. The van der Waals surface area contributed by atoms with Crippen LogP contribution in [0.4, 0.5) is 22.0 Å². The molecule has 216 valence electrons. The topological polar surface area (TPSA) is 131 Å². The van der Waals surface area contributed by atoms with Gasteiger partial charge in [-0.3, -0.25) is 14.4 Å². The number of alkyl halides is 3. The molecule has 0 bridgehead atoms. The number of rotatable bonds is 12. The fraction of sp³-hybridized carbons (Fsp3) is 0.280. The molecule has 1 amide bonds. The molecule has 1 atom stereocenters. The summed E-state index contributed by atoms with van der Waals surface area (Å²) in [7, 11) is 1.13. The van der Waals surface area contributed by atoms with Gasteiger partial charge in [0.25, 0.3) is 0 Å². The molecule has 1 aromatic heterocycles. The molecule has 0 spiro atoms. The molecular weight excluding hydrogens is 615 g/mol. The van der Waals surface area contributed by atoms with E-state index in [0.29, 0.717) is 12.2 Å². The highest BCUT2D eigenvalue weighted by Gasteiger charge is 2.31. The second-order valence-corrected chi connectivity index (χ2v) is 8.50. The van der Waals surface area contributed by atoms with Crippen LogP contribution in [0.25, 0.3) is 11.3 Å². The van der Waals surface area contributed by atoms with Gasteiger partial charge < -0.3 is 24.4 Å². The number of nitrogens with zero attached hydrogens (tertiary/aromatic N) is 1. The molecule has 9 nitrogen and oxygen atoms in total. The smallest absolute Gasteiger partial charge is 0.416 e. The summed E-state index contributed by atoms with van der Waals surface area (Å²) >= 11 is 3.11. The summed E-state index contributed by atoms with van der Waals surface area (Å²) in [6.45, 7) is 0.331. The molecule has 0 fully saturated rings. The van der Waals surface area contributed by atoms with Crippen LogP contribution in [-0.2, 0) is 34.8 Å². The zero-order valence-corrected chi connectivity index (χ0v) is 22.5. The van der Waals surface area contributed by atoms with Crippen LogP contribution in [0, 0.1) is 0 Å². The molecule has 1 unspecified atom stereocenters. The summed E-state index contributed by atoms with van der Waals surface area (Å²) in [6, 6.07) is 3.95. The zero-order chi connectivity index (χ0) is 30.0. The summed E-state index contributed by atoms with van der Waals surface area (Å²) in [5, 5.41) is 0. The lowest BCUT2D eigenvalue weighted by atomic mass is 10.1. The maximum Gasteiger partial charge on any atom is 0.416 e. The van der Waals surface area contributed by atoms with Crippen LogP contribution in [-0.4, -0.2) is 36.5 Å². The number of primary amides is 1. The molecule has 0 saturated heterocycles. The molecular formula is C25H22BrF5N2O7. The summed E-state index contributed by atoms with van der Waals surface area (Å²) in [4.78, 5) is 38.4. The summed E-state index contributed by atoms with van der Waals surface area (Å²) < 4.78 is 87.3. The number of nitrogens with two attached hydrogens (primary N) is 1. The first-order valence-electron chi connectivity index (χ1n) is 11.1. The molecule has 0 aliphatic carbocycles. The first kappa shape index (κ1) is 32.2. The van der Waals surface area contributed by atoms with Gasteiger partial charge >= 0.3 is 18.1 Å². The highest BCUT2D eigenvalue weighted by molar-refractivity contribution is 9.10. The number of ether oxygens (including phenoxy) is 3. The Labute approximate surface area is 232 Å². The number of hydrogen-bond acceptors (Lipinski definition) is 8. The highest BCUT2D eigenvalue weighted by Crippen LogP contribution is 2.35. The summed E-state index contributed by atoms with van der Waals surface area (Å²) in [5.74, 6) is -5.58. The number of aromatic nitrogens is 1. The Bertz CT molecular complexity index is 1310. The van der Waals surface area contributed by atoms with Crippen molar-refractivity contribution in [1.82, 2.24) is 4.98 Å². The van der Waals surface area contributed by atoms with Crippen molar-refractivity contribution in [2.75, 3.05) is 13.7 Å². The van der Waals surface area contributed by atoms with Gasteiger partial charge in [0.05, 0.1) is 25.5 Å². The van der Waals surface area contributed by atoms with Crippen LogP contribution < -0.4 is 5.73 Å². The van der Waals surface area contributed by atoms with Gasteiger partial charge in [-0.2, -0.15) is 13.2 Å². The minimum atomic E-state index is -4.56. The van der Waals surface area contributed by atoms with Gasteiger partial charge in [0.1, 0.15) is 24.0 Å². The summed E-state index contributed by atoms with van der Waals surface area (Å²) in [5.41, 5.74) is 4.22. The summed E-state index contributed by atoms with van der Waals surface area (Å²) in [6.07, 6.45) is -4.73. The number of amides is 1. The Hall–Kier alpha value is -4.01. The Morgan fingerprint density at radius 2 is 1.73 bits per heavy atom. The van der Waals surface area contributed by atoms with Crippen LogP contribution in [0.5, 0.6) is 0 Å². The number of benzene rings is 1. The van der Waals surface area contributed by atoms with E-state index in [9.17, 15) is 36.3 Å². The van der Waals surface area contributed by atoms with Gasteiger partial charge in [0, 0.05) is 11.6 Å².